The number of nitrogens with two attached hydrogens (primary N) is 1. The van der Waals surface area contributed by atoms with E-state index in [9.17, 15) is 28.2 Å². The van der Waals surface area contributed by atoms with Crippen molar-refractivity contribution in [1.29, 1.82) is 0 Å². The van der Waals surface area contributed by atoms with Crippen molar-refractivity contribution in [3.8, 4) is 0 Å². The molecule has 2 heterocycles. The molecule has 2 aliphatic heterocycles. The van der Waals surface area contributed by atoms with Crippen LogP contribution in [0.2, 0.25) is 0 Å². The van der Waals surface area contributed by atoms with Gasteiger partial charge in [0.25, 0.3) is 0 Å². The number of alkyl carbamates (subject to hydrolysis) is 1. The number of rotatable bonds is 15. The molecule has 0 aliphatic carbocycles. The first-order valence-corrected chi connectivity index (χ1v) is 17.4. The molecule has 2 aliphatic rings. The number of sulfonamides is 1. The molecule has 5 atom stereocenters. The average Bonchev–Trinajstić information content (AvgIpc) is 3.61. The van der Waals surface area contributed by atoms with E-state index in [0.29, 0.717) is 19.4 Å². The Kier molecular flexibility index (Phi) is 12.1. The minimum absolute atomic E-state index is 0.0433. The molecule has 0 unspecified atom stereocenters. The Hall–Kier alpha value is -3.43. The number of anilines is 1. The predicted octanol–water partition coefficient (Wildman–Crippen LogP) is 3.52. The van der Waals surface area contributed by atoms with Crippen LogP contribution >= 0.6 is 0 Å². The fourth-order valence-electron chi connectivity index (χ4n) is 6.25. The zero-order chi connectivity index (χ0) is 34.4. The Bertz CT molecular complexity index is 1460. The molecule has 0 spiro atoms. The number of amides is 2. The molecule has 5 N–H and O–H groups in total. The summed E-state index contributed by atoms with van der Waals surface area (Å²) in [4.78, 5) is 26.2. The number of hydrogen-bond acceptors (Lipinski definition) is 9. The van der Waals surface area contributed by atoms with Gasteiger partial charge in [-0.2, -0.15) is 4.31 Å². The molecule has 47 heavy (non-hydrogen) atoms. The molecule has 2 aromatic rings. The number of carbonyl (C=O) groups excluding carboxylic acids is 1. The summed E-state index contributed by atoms with van der Waals surface area (Å²) >= 11 is 0. The van der Waals surface area contributed by atoms with Gasteiger partial charge in [0.05, 0.1) is 42.4 Å². The molecule has 260 valence electrons. The molecule has 2 saturated heterocycles. The monoisotopic (exact) mass is 676 g/mol. The maximum Gasteiger partial charge on any atom is 0.407 e. The number of carbonyl (C=O) groups is 2. The van der Waals surface area contributed by atoms with Crippen LogP contribution in [0.4, 0.5) is 15.3 Å². The summed E-state index contributed by atoms with van der Waals surface area (Å²) in [5.74, 6) is -0.211. The fourth-order valence-corrected chi connectivity index (χ4v) is 7.95. The maximum atomic E-state index is 14.2. The first-order valence-electron chi connectivity index (χ1n) is 15.9. The number of nitrogens with zero attached hydrogens (tertiary/aromatic N) is 2. The average molecular weight is 677 g/mol. The number of aliphatic hydroxyl groups excluding tert-OH is 1. The first-order chi connectivity index (χ1) is 22.2. The fraction of sp³-hybridized carbons (Fsp3) is 0.576. The summed E-state index contributed by atoms with van der Waals surface area (Å²) in [6.45, 7) is 7.52. The van der Waals surface area contributed by atoms with Gasteiger partial charge in [0.15, 0.2) is 6.29 Å². The van der Waals surface area contributed by atoms with Gasteiger partial charge in [-0.05, 0) is 62.3 Å². The second-order valence-electron chi connectivity index (χ2n) is 13.3. The summed E-state index contributed by atoms with van der Waals surface area (Å²) in [6.07, 6.45) is -2.93. The van der Waals surface area contributed by atoms with E-state index in [-0.39, 0.29) is 48.7 Å². The van der Waals surface area contributed by atoms with Crippen LogP contribution in [0.15, 0.2) is 59.5 Å². The molecule has 4 rings (SSSR count). The Morgan fingerprint density at radius 3 is 2.51 bits per heavy atom. The highest BCUT2D eigenvalue weighted by Gasteiger charge is 2.49. The molecule has 0 radical (unpaired) electrons. The van der Waals surface area contributed by atoms with Gasteiger partial charge in [0, 0.05) is 31.2 Å². The standard InChI is InChI=1S/C33H48N4O9S/c1-22(2)46-31(39)35-15-14-33(3,4)21-36(47(42,43)25-12-8-11-24(34)18-25)19-29(38)27(17-23-9-6-5-7-10-23)37(32(40)41)28-20-45-30-26(28)13-16-44-30/h5-12,18,22,26-30,38H,13-17,19-21,34H2,1-4H3,(H,35,39)(H,40,41)/t26-,27-,28-,29+,30+/m0/s1. The van der Waals surface area contributed by atoms with E-state index in [1.807, 2.05) is 44.2 Å². The van der Waals surface area contributed by atoms with Gasteiger partial charge in [-0.15, -0.1) is 0 Å². The Morgan fingerprint density at radius 2 is 1.85 bits per heavy atom. The number of hydrogen-bond donors (Lipinski definition) is 4. The summed E-state index contributed by atoms with van der Waals surface area (Å²) in [5.41, 5.74) is 6.31. The number of carboxylic acid groups (broad SMARTS) is 1. The topological polar surface area (TPSA) is 181 Å². The van der Waals surface area contributed by atoms with Gasteiger partial charge in [0.2, 0.25) is 10.0 Å². The molecule has 13 nitrogen and oxygen atoms in total. The number of nitrogens with one attached hydrogen (secondary N) is 1. The molecule has 2 aromatic carbocycles. The number of aliphatic hydroxyl groups is 1. The predicted molar refractivity (Wildman–Crippen MR) is 175 cm³/mol. The van der Waals surface area contributed by atoms with Gasteiger partial charge in [-0.3, -0.25) is 4.90 Å². The minimum atomic E-state index is -4.22. The first kappa shape index (κ1) is 36.4. The van der Waals surface area contributed by atoms with Crippen molar-refractivity contribution in [2.24, 2.45) is 11.3 Å². The lowest BCUT2D eigenvalue weighted by molar-refractivity contribution is -0.0906. The maximum absolute atomic E-state index is 14.2. The van der Waals surface area contributed by atoms with E-state index < -0.39 is 58.6 Å². The molecular formula is C33H48N4O9S. The normalized spacial score (nSPS) is 21.0. The van der Waals surface area contributed by atoms with Crippen molar-refractivity contribution in [3.05, 3.63) is 60.2 Å². The SMILES string of the molecule is CC(C)OC(=O)NCCC(C)(C)CN(C[C@@H](O)[C@H](Cc1ccccc1)N(C(=O)O)[C@H]1CO[C@H]2OCC[C@H]21)S(=O)(=O)c1cccc(N)c1. The van der Waals surface area contributed by atoms with Crippen molar-refractivity contribution < 1.29 is 42.4 Å². The third-order valence-corrected chi connectivity index (χ3v) is 10.4. The van der Waals surface area contributed by atoms with E-state index in [1.165, 1.54) is 27.4 Å². The summed E-state index contributed by atoms with van der Waals surface area (Å²) < 4.78 is 46.1. The molecule has 0 bridgehead atoms. The van der Waals surface area contributed by atoms with E-state index >= 15 is 0 Å². The highest BCUT2D eigenvalue weighted by atomic mass is 32.2. The quantitative estimate of drug-likeness (QED) is 0.204. The third kappa shape index (κ3) is 9.57. The molecule has 2 fully saturated rings. The summed E-state index contributed by atoms with van der Waals surface area (Å²) in [7, 11) is -4.22. The minimum Gasteiger partial charge on any atom is -0.465 e. The van der Waals surface area contributed by atoms with E-state index in [0.717, 1.165) is 5.56 Å². The highest BCUT2D eigenvalue weighted by molar-refractivity contribution is 7.89. The number of benzene rings is 2. The van der Waals surface area contributed by atoms with Gasteiger partial charge >= 0.3 is 12.2 Å². The zero-order valence-electron chi connectivity index (χ0n) is 27.4. The Morgan fingerprint density at radius 1 is 1.13 bits per heavy atom. The molecule has 2 amide bonds. The van der Waals surface area contributed by atoms with Crippen LogP contribution in [0, 0.1) is 11.3 Å². The van der Waals surface area contributed by atoms with Crippen molar-refractivity contribution in [1.82, 2.24) is 14.5 Å². The number of nitrogen functional groups attached to an aromatic ring is 1. The van der Waals surface area contributed by atoms with E-state index in [1.54, 1.807) is 19.9 Å². The molecular weight excluding hydrogens is 628 g/mol. The lowest BCUT2D eigenvalue weighted by Crippen LogP contribution is -2.58. The van der Waals surface area contributed by atoms with Gasteiger partial charge in [-0.1, -0.05) is 50.2 Å². The molecule has 0 aromatic heterocycles. The zero-order valence-corrected chi connectivity index (χ0v) is 28.3. The van der Waals surface area contributed by atoms with Crippen LogP contribution < -0.4 is 11.1 Å². The summed E-state index contributed by atoms with van der Waals surface area (Å²) in [6, 6.07) is 13.5. The van der Waals surface area contributed by atoms with Crippen LogP contribution in [0.25, 0.3) is 0 Å². The smallest absolute Gasteiger partial charge is 0.407 e. The van der Waals surface area contributed by atoms with Crippen LogP contribution in [-0.4, -0.2) is 103 Å². The van der Waals surface area contributed by atoms with Crippen molar-refractivity contribution in [2.45, 2.75) is 82.4 Å². The van der Waals surface area contributed by atoms with Gasteiger partial charge in [0.1, 0.15) is 0 Å². The largest absolute Gasteiger partial charge is 0.465 e. The molecule has 14 heteroatoms. The lowest BCUT2D eigenvalue weighted by atomic mass is 9.89. The molecule has 0 saturated carbocycles. The van der Waals surface area contributed by atoms with Crippen LogP contribution in [-0.2, 0) is 30.7 Å². The highest BCUT2D eigenvalue weighted by Crippen LogP contribution is 2.36. The Balaban J connectivity index is 1.65. The second-order valence-corrected chi connectivity index (χ2v) is 15.2. The van der Waals surface area contributed by atoms with E-state index in [2.05, 4.69) is 5.32 Å². The second kappa shape index (κ2) is 15.6. The van der Waals surface area contributed by atoms with Gasteiger partial charge < -0.3 is 35.5 Å². The van der Waals surface area contributed by atoms with Crippen LogP contribution in [0.5, 0.6) is 0 Å². The number of fused-ring (bicyclic) bond motifs is 1. The van der Waals surface area contributed by atoms with E-state index in [4.69, 9.17) is 19.9 Å². The van der Waals surface area contributed by atoms with Crippen LogP contribution in [0.1, 0.15) is 46.1 Å². The van der Waals surface area contributed by atoms with Crippen molar-refractivity contribution in [2.75, 3.05) is 38.6 Å². The number of ether oxygens (including phenoxy) is 3. The third-order valence-electron chi connectivity index (χ3n) is 8.58. The lowest BCUT2D eigenvalue weighted by Gasteiger charge is -2.40. The van der Waals surface area contributed by atoms with Gasteiger partial charge in [-0.25, -0.2) is 18.0 Å². The van der Waals surface area contributed by atoms with Crippen molar-refractivity contribution in [3.63, 3.8) is 0 Å². The Labute approximate surface area is 277 Å². The van der Waals surface area contributed by atoms with Crippen molar-refractivity contribution >= 4 is 27.9 Å². The van der Waals surface area contributed by atoms with Crippen LogP contribution in [0.3, 0.4) is 0 Å². The summed E-state index contributed by atoms with van der Waals surface area (Å²) in [5, 5.41) is 25.2.